The fraction of sp³-hybridized carbons (Fsp3) is 0.645. The van der Waals surface area contributed by atoms with Crippen molar-refractivity contribution in [1.29, 1.82) is 0 Å². The molecule has 2 amide bonds. The standard InChI is InChI=1S/C31H39F3N4O2/c1-17-14-19-20-7-8-22(28(35)40)29(20,2)12-10-21(19)30(3)13-11-26(39)38(5,27(17)30)16-25-36-23-9-6-18(31(32,33)34)15-24(23)37(25)4/h6,9,15,19-22H,7-8,10-14,16H2,1-5H3,(H-,35,40)/p+1/t19-,20-,21-,22+,29-,30+,38?/m0/s1. The molecule has 1 aliphatic heterocycles. The van der Waals surface area contributed by atoms with Crippen molar-refractivity contribution in [2.75, 3.05) is 7.05 Å². The van der Waals surface area contributed by atoms with Gasteiger partial charge in [-0.1, -0.05) is 13.8 Å². The molecule has 1 unspecified atom stereocenters. The Balaban J connectivity index is 1.40. The van der Waals surface area contributed by atoms with Crippen LogP contribution in [-0.4, -0.2) is 32.9 Å². The number of rotatable bonds is 3. The lowest BCUT2D eigenvalue weighted by Gasteiger charge is -2.59. The lowest BCUT2D eigenvalue weighted by atomic mass is 9.48. The van der Waals surface area contributed by atoms with E-state index in [0.29, 0.717) is 47.6 Å². The fourth-order valence-electron chi connectivity index (χ4n) is 9.98. The molecule has 9 heteroatoms. The van der Waals surface area contributed by atoms with Crippen molar-refractivity contribution in [3.63, 3.8) is 0 Å². The maximum atomic E-state index is 13.8. The zero-order chi connectivity index (χ0) is 29.0. The minimum absolute atomic E-state index is 0.0634. The summed E-state index contributed by atoms with van der Waals surface area (Å²) in [7, 11) is 3.71. The van der Waals surface area contributed by atoms with E-state index in [0.717, 1.165) is 50.7 Å². The molecule has 2 saturated carbocycles. The molecular weight excluding hydrogens is 517 g/mol. The van der Waals surface area contributed by atoms with Crippen LogP contribution in [0, 0.1) is 34.5 Å². The van der Waals surface area contributed by atoms with Crippen LogP contribution in [0.15, 0.2) is 29.5 Å². The number of fused-ring (bicyclic) bond motifs is 6. The molecule has 2 heterocycles. The van der Waals surface area contributed by atoms with Crippen LogP contribution in [0.2, 0.25) is 0 Å². The average Bonchev–Trinajstić information content (AvgIpc) is 3.37. The highest BCUT2D eigenvalue weighted by Crippen LogP contribution is 2.67. The predicted octanol–water partition coefficient (Wildman–Crippen LogP) is 6.09. The number of aromatic nitrogens is 2. The molecule has 40 heavy (non-hydrogen) atoms. The largest absolute Gasteiger partial charge is 0.416 e. The number of primary amides is 1. The highest BCUT2D eigenvalue weighted by Gasteiger charge is 2.64. The number of hydrogen-bond acceptors (Lipinski definition) is 3. The normalized spacial score (nSPS) is 37.9. The van der Waals surface area contributed by atoms with Crippen molar-refractivity contribution in [1.82, 2.24) is 9.55 Å². The van der Waals surface area contributed by atoms with E-state index in [-0.39, 0.29) is 33.0 Å². The number of allylic oxidation sites excluding steroid dienone is 2. The number of carbonyl (C=O) groups excluding carboxylic acids is 2. The molecule has 2 N–H and O–H groups in total. The van der Waals surface area contributed by atoms with Crippen LogP contribution in [0.5, 0.6) is 0 Å². The first-order valence-electron chi connectivity index (χ1n) is 14.5. The van der Waals surface area contributed by atoms with E-state index in [2.05, 4.69) is 20.8 Å². The van der Waals surface area contributed by atoms with E-state index in [9.17, 15) is 22.8 Å². The number of carbonyl (C=O) groups is 2. The maximum Gasteiger partial charge on any atom is 0.416 e. The van der Waals surface area contributed by atoms with Crippen LogP contribution in [0.3, 0.4) is 0 Å². The Morgan fingerprint density at radius 3 is 2.58 bits per heavy atom. The molecular formula is C31H40F3N4O2+. The Morgan fingerprint density at radius 1 is 1.18 bits per heavy atom. The van der Waals surface area contributed by atoms with Gasteiger partial charge in [-0.25, -0.2) is 14.3 Å². The van der Waals surface area contributed by atoms with Gasteiger partial charge in [0.05, 0.1) is 30.1 Å². The van der Waals surface area contributed by atoms with Crippen LogP contribution < -0.4 is 5.73 Å². The summed E-state index contributed by atoms with van der Waals surface area (Å²) in [5.41, 5.74) is 8.24. The van der Waals surface area contributed by atoms with Gasteiger partial charge in [0.2, 0.25) is 5.91 Å². The summed E-state index contributed by atoms with van der Waals surface area (Å²) >= 11 is 0. The topological polar surface area (TPSA) is 78.0 Å². The van der Waals surface area contributed by atoms with E-state index in [1.165, 1.54) is 17.3 Å². The van der Waals surface area contributed by atoms with Crippen molar-refractivity contribution in [3.05, 3.63) is 40.9 Å². The van der Waals surface area contributed by atoms with Crippen molar-refractivity contribution >= 4 is 22.8 Å². The lowest BCUT2D eigenvalue weighted by Crippen LogP contribution is -2.61. The van der Waals surface area contributed by atoms with Gasteiger partial charge >= 0.3 is 12.1 Å². The van der Waals surface area contributed by atoms with Gasteiger partial charge < -0.3 is 10.3 Å². The van der Waals surface area contributed by atoms with Crippen LogP contribution in [0.25, 0.3) is 11.0 Å². The minimum atomic E-state index is -4.44. The smallest absolute Gasteiger partial charge is 0.369 e. The van der Waals surface area contributed by atoms with Gasteiger partial charge in [0.25, 0.3) is 0 Å². The second-order valence-electron chi connectivity index (χ2n) is 13.7. The summed E-state index contributed by atoms with van der Waals surface area (Å²) in [5, 5.41) is 0. The van der Waals surface area contributed by atoms with Crippen molar-refractivity contribution in [2.45, 2.75) is 78.4 Å². The van der Waals surface area contributed by atoms with Crippen LogP contribution >= 0.6 is 0 Å². The number of piperidine rings is 1. The average molecular weight is 558 g/mol. The number of nitrogens with zero attached hydrogens (tertiary/aromatic N) is 3. The van der Waals surface area contributed by atoms with Gasteiger partial charge in [0.1, 0.15) is 12.2 Å². The lowest BCUT2D eigenvalue weighted by molar-refractivity contribution is -0.823. The second-order valence-corrected chi connectivity index (χ2v) is 13.7. The molecule has 0 radical (unpaired) electrons. The Kier molecular flexibility index (Phi) is 5.95. The van der Waals surface area contributed by atoms with E-state index >= 15 is 0 Å². The molecule has 0 spiro atoms. The monoisotopic (exact) mass is 557 g/mol. The Morgan fingerprint density at radius 2 is 1.90 bits per heavy atom. The number of amides is 2. The number of imidazole rings is 1. The van der Waals surface area contributed by atoms with Gasteiger partial charge in [-0.05, 0) is 92.4 Å². The third kappa shape index (κ3) is 3.68. The van der Waals surface area contributed by atoms with Crippen molar-refractivity contribution in [3.8, 4) is 0 Å². The predicted molar refractivity (Wildman–Crippen MR) is 145 cm³/mol. The van der Waals surface area contributed by atoms with Crippen molar-refractivity contribution < 1.29 is 27.2 Å². The number of alkyl halides is 3. The van der Waals surface area contributed by atoms with Crippen LogP contribution in [0.1, 0.15) is 77.1 Å². The minimum Gasteiger partial charge on any atom is -0.369 e. The summed E-state index contributed by atoms with van der Waals surface area (Å²) in [6.07, 6.45) is 1.59. The molecule has 3 fully saturated rings. The number of hydrogen-bond donors (Lipinski definition) is 1. The molecule has 1 aromatic heterocycles. The van der Waals surface area contributed by atoms with Gasteiger partial charge in [-0.15, -0.1) is 0 Å². The van der Waals surface area contributed by atoms with Crippen LogP contribution in [0.4, 0.5) is 13.2 Å². The Bertz CT molecular complexity index is 1460. The van der Waals surface area contributed by atoms with Crippen LogP contribution in [-0.2, 0) is 29.4 Å². The maximum absolute atomic E-state index is 13.8. The van der Waals surface area contributed by atoms with Gasteiger partial charge in [-0.3, -0.25) is 4.79 Å². The number of halogens is 3. The third-order valence-corrected chi connectivity index (χ3v) is 11.7. The number of aryl methyl sites for hydroxylation is 1. The molecule has 0 bridgehead atoms. The van der Waals surface area contributed by atoms with E-state index in [4.69, 9.17) is 10.7 Å². The summed E-state index contributed by atoms with van der Waals surface area (Å²) in [6, 6.07) is 3.62. The highest BCUT2D eigenvalue weighted by atomic mass is 19.4. The van der Waals surface area contributed by atoms with E-state index in [1.807, 2.05) is 7.05 Å². The Labute approximate surface area is 233 Å². The van der Waals surface area contributed by atoms with E-state index < -0.39 is 11.7 Å². The van der Waals surface area contributed by atoms with Gasteiger partial charge in [0.15, 0.2) is 5.82 Å². The summed E-state index contributed by atoms with van der Waals surface area (Å²) in [4.78, 5) is 30.8. The first kappa shape index (κ1) is 27.5. The summed E-state index contributed by atoms with van der Waals surface area (Å²) in [6.45, 7) is 7.07. The number of nitrogens with two attached hydrogens (primary N) is 1. The zero-order valence-corrected chi connectivity index (χ0v) is 24.1. The molecule has 6 nitrogen and oxygen atoms in total. The first-order valence-corrected chi connectivity index (χ1v) is 14.5. The number of quaternary nitrogens is 1. The van der Waals surface area contributed by atoms with Gasteiger partial charge in [0, 0.05) is 18.4 Å². The fourth-order valence-corrected chi connectivity index (χ4v) is 9.98. The number of likely N-dealkylation sites (tertiary alicyclic amines) is 1. The molecule has 2 aromatic rings. The summed E-state index contributed by atoms with van der Waals surface area (Å²) in [5.74, 6) is 1.80. The van der Waals surface area contributed by atoms with E-state index in [1.54, 1.807) is 11.6 Å². The number of benzene rings is 1. The van der Waals surface area contributed by atoms with Crippen molar-refractivity contribution in [2.24, 2.45) is 47.3 Å². The SMILES string of the molecule is CC1=C2[C@](C)(CCC(=O)[N+]2(C)Cc2nc3ccc(C(F)(F)F)cc3n2C)[C@H]2CC[C@]3(C)[C@@H](C(N)=O)CC[C@H]3[C@@H]2C1. The third-order valence-electron chi connectivity index (χ3n) is 11.7. The molecule has 4 aliphatic rings. The second kappa shape index (κ2) is 8.66. The molecule has 6 rings (SSSR count). The molecule has 3 aliphatic carbocycles. The molecule has 1 aromatic carbocycles. The highest BCUT2D eigenvalue weighted by molar-refractivity contribution is 5.78. The molecule has 1 saturated heterocycles. The first-order chi connectivity index (χ1) is 18.6. The van der Waals surface area contributed by atoms with Gasteiger partial charge in [-0.2, -0.15) is 13.2 Å². The quantitative estimate of drug-likeness (QED) is 0.464. The summed E-state index contributed by atoms with van der Waals surface area (Å²) < 4.78 is 42.0. The molecule has 216 valence electrons. The zero-order valence-electron chi connectivity index (χ0n) is 24.1. The molecule has 7 atom stereocenters. The Hall–Kier alpha value is -2.68.